The molecule has 3 amide bonds. The minimum atomic E-state index is -0.324. The number of nitrogens with zero attached hydrogens (tertiary/aromatic N) is 2. The Hall–Kier alpha value is -4.07. The molecule has 2 N–H and O–H groups in total. The van der Waals surface area contributed by atoms with Gasteiger partial charge in [0.1, 0.15) is 11.6 Å². The van der Waals surface area contributed by atoms with E-state index in [1.54, 1.807) is 24.3 Å². The minimum Gasteiger partial charge on any atom is -0.494 e. The highest BCUT2D eigenvalue weighted by molar-refractivity contribution is 5.99. The largest absolute Gasteiger partial charge is 0.494 e. The van der Waals surface area contributed by atoms with Crippen LogP contribution < -0.4 is 20.3 Å². The molecule has 4 rings (SSSR count). The van der Waals surface area contributed by atoms with E-state index in [9.17, 15) is 14.0 Å². The van der Waals surface area contributed by atoms with Gasteiger partial charge in [0.2, 0.25) is 5.91 Å². The minimum absolute atomic E-state index is 0.0503. The smallest absolute Gasteiger partial charge is 0.323 e. The third kappa shape index (κ3) is 6.72. The Morgan fingerprint density at radius 2 is 1.40 bits per heavy atom. The Kier molecular flexibility index (Phi) is 7.82. The van der Waals surface area contributed by atoms with Crippen molar-refractivity contribution in [3.8, 4) is 5.75 Å². The van der Waals surface area contributed by atoms with E-state index in [-0.39, 0.29) is 24.2 Å². The second-order valence-corrected chi connectivity index (χ2v) is 8.25. The predicted molar refractivity (Wildman–Crippen MR) is 136 cm³/mol. The van der Waals surface area contributed by atoms with E-state index in [1.807, 2.05) is 48.2 Å². The molecular formula is C27H29FN4O3. The van der Waals surface area contributed by atoms with Gasteiger partial charge in [-0.15, -0.1) is 0 Å². The average Bonchev–Trinajstić information content (AvgIpc) is 2.87. The fraction of sp³-hybridized carbons (Fsp3) is 0.259. The molecule has 0 saturated carbocycles. The molecule has 0 radical (unpaired) electrons. The maximum Gasteiger partial charge on any atom is 0.323 e. The van der Waals surface area contributed by atoms with Crippen LogP contribution in [0.3, 0.4) is 0 Å². The number of urea groups is 1. The van der Waals surface area contributed by atoms with E-state index in [0.29, 0.717) is 31.1 Å². The Morgan fingerprint density at radius 1 is 0.829 bits per heavy atom. The van der Waals surface area contributed by atoms with Crippen molar-refractivity contribution in [3.63, 3.8) is 0 Å². The van der Waals surface area contributed by atoms with Crippen LogP contribution in [0, 0.1) is 5.82 Å². The number of hydrogen-bond acceptors (Lipinski definition) is 4. The topological polar surface area (TPSA) is 73.9 Å². The molecule has 1 aliphatic heterocycles. The van der Waals surface area contributed by atoms with E-state index < -0.39 is 0 Å². The molecule has 0 bridgehead atoms. The third-order valence-corrected chi connectivity index (χ3v) is 5.81. The first-order chi connectivity index (χ1) is 17.0. The number of carbonyl (C=O) groups excluding carboxylic acids is 2. The molecular weight excluding hydrogens is 447 g/mol. The number of hydrogen-bond donors (Lipinski definition) is 2. The average molecular weight is 477 g/mol. The molecule has 7 nitrogen and oxygen atoms in total. The van der Waals surface area contributed by atoms with Gasteiger partial charge in [-0.1, -0.05) is 12.1 Å². The molecule has 1 heterocycles. The van der Waals surface area contributed by atoms with Gasteiger partial charge in [-0.05, 0) is 73.2 Å². The molecule has 0 aromatic heterocycles. The number of anilines is 3. The highest BCUT2D eigenvalue weighted by Crippen LogP contribution is 2.21. The first-order valence-corrected chi connectivity index (χ1v) is 11.7. The Labute approximate surface area is 204 Å². The molecule has 0 aliphatic carbocycles. The normalized spacial score (nSPS) is 13.3. The fourth-order valence-electron chi connectivity index (χ4n) is 3.95. The number of piperazine rings is 1. The van der Waals surface area contributed by atoms with Crippen LogP contribution in [0.4, 0.5) is 26.2 Å². The summed E-state index contributed by atoms with van der Waals surface area (Å²) in [5.74, 6) is 0.505. The quantitative estimate of drug-likeness (QED) is 0.516. The van der Waals surface area contributed by atoms with Crippen molar-refractivity contribution in [2.75, 3.05) is 48.3 Å². The zero-order chi connectivity index (χ0) is 24.6. The summed E-state index contributed by atoms with van der Waals surface area (Å²) in [5, 5.41) is 5.63. The van der Waals surface area contributed by atoms with Gasteiger partial charge in [0.05, 0.1) is 13.0 Å². The maximum absolute atomic E-state index is 13.1. The predicted octanol–water partition coefficient (Wildman–Crippen LogP) is 4.76. The lowest BCUT2D eigenvalue weighted by Crippen LogP contribution is -2.49. The van der Waals surface area contributed by atoms with Crippen molar-refractivity contribution in [1.29, 1.82) is 0 Å². The first-order valence-electron chi connectivity index (χ1n) is 11.7. The Morgan fingerprint density at radius 3 is 1.97 bits per heavy atom. The summed E-state index contributed by atoms with van der Waals surface area (Å²) < 4.78 is 18.5. The highest BCUT2D eigenvalue weighted by Gasteiger charge is 2.21. The van der Waals surface area contributed by atoms with Crippen molar-refractivity contribution in [2.24, 2.45) is 0 Å². The molecule has 3 aromatic rings. The van der Waals surface area contributed by atoms with Gasteiger partial charge in [-0.25, -0.2) is 9.18 Å². The van der Waals surface area contributed by atoms with E-state index in [4.69, 9.17) is 4.74 Å². The highest BCUT2D eigenvalue weighted by atomic mass is 19.1. The third-order valence-electron chi connectivity index (χ3n) is 5.81. The summed E-state index contributed by atoms with van der Waals surface area (Å²) >= 11 is 0. The second kappa shape index (κ2) is 11.4. The van der Waals surface area contributed by atoms with Gasteiger partial charge in [0.25, 0.3) is 0 Å². The summed E-state index contributed by atoms with van der Waals surface area (Å²) in [4.78, 5) is 28.9. The van der Waals surface area contributed by atoms with E-state index in [0.717, 1.165) is 30.1 Å². The number of halogens is 1. The molecule has 1 aliphatic rings. The van der Waals surface area contributed by atoms with Gasteiger partial charge in [0, 0.05) is 43.2 Å². The van der Waals surface area contributed by atoms with Gasteiger partial charge >= 0.3 is 6.03 Å². The van der Waals surface area contributed by atoms with Gasteiger partial charge in [-0.2, -0.15) is 0 Å². The summed E-state index contributed by atoms with van der Waals surface area (Å²) in [7, 11) is 0. The molecule has 35 heavy (non-hydrogen) atoms. The van der Waals surface area contributed by atoms with Crippen LogP contribution >= 0.6 is 0 Å². The monoisotopic (exact) mass is 476 g/mol. The molecule has 182 valence electrons. The van der Waals surface area contributed by atoms with Crippen molar-refractivity contribution < 1.29 is 18.7 Å². The van der Waals surface area contributed by atoms with Crippen LogP contribution in [0.5, 0.6) is 5.75 Å². The number of carbonyl (C=O) groups is 2. The molecule has 0 atom stereocenters. The van der Waals surface area contributed by atoms with E-state index >= 15 is 0 Å². The Bertz CT molecular complexity index is 1130. The standard InChI is InChI=1S/C27H29FN4O3/c1-2-35-25-13-9-23(10-14-25)30-27(34)29-22-7-11-24(12-8-22)31-15-17-32(18-16-31)26(33)19-20-3-5-21(28)6-4-20/h3-14H,2,15-19H2,1H3,(H2,29,30,34). The first kappa shape index (κ1) is 24.1. The second-order valence-electron chi connectivity index (χ2n) is 8.25. The van der Waals surface area contributed by atoms with Crippen LogP contribution in [0.2, 0.25) is 0 Å². The van der Waals surface area contributed by atoms with Crippen molar-refractivity contribution in [3.05, 3.63) is 84.2 Å². The van der Waals surface area contributed by atoms with Crippen LogP contribution in [-0.2, 0) is 11.2 Å². The number of amides is 3. The SMILES string of the molecule is CCOc1ccc(NC(=O)Nc2ccc(N3CCN(C(=O)Cc4ccc(F)cc4)CC3)cc2)cc1. The summed E-state index contributed by atoms with van der Waals surface area (Å²) in [6.45, 7) is 5.22. The summed E-state index contributed by atoms with van der Waals surface area (Å²) in [6.07, 6.45) is 0.277. The molecule has 1 fully saturated rings. The van der Waals surface area contributed by atoms with E-state index in [1.165, 1.54) is 12.1 Å². The maximum atomic E-state index is 13.1. The molecule has 8 heteroatoms. The zero-order valence-corrected chi connectivity index (χ0v) is 19.7. The van der Waals surface area contributed by atoms with E-state index in [2.05, 4.69) is 15.5 Å². The molecule has 3 aromatic carbocycles. The van der Waals surface area contributed by atoms with Gasteiger partial charge < -0.3 is 25.2 Å². The van der Waals surface area contributed by atoms with Gasteiger partial charge in [0.15, 0.2) is 0 Å². The lowest BCUT2D eigenvalue weighted by Gasteiger charge is -2.36. The molecule has 0 spiro atoms. The zero-order valence-electron chi connectivity index (χ0n) is 19.7. The lowest BCUT2D eigenvalue weighted by atomic mass is 10.1. The van der Waals surface area contributed by atoms with Crippen LogP contribution in [0.1, 0.15) is 12.5 Å². The number of rotatable bonds is 7. The fourth-order valence-corrected chi connectivity index (χ4v) is 3.95. The van der Waals surface area contributed by atoms with Gasteiger partial charge in [-0.3, -0.25) is 4.79 Å². The van der Waals surface area contributed by atoms with Crippen LogP contribution in [-0.4, -0.2) is 49.6 Å². The lowest BCUT2D eigenvalue weighted by molar-refractivity contribution is -0.130. The van der Waals surface area contributed by atoms with Crippen molar-refractivity contribution in [1.82, 2.24) is 4.90 Å². The number of ether oxygens (including phenoxy) is 1. The number of benzene rings is 3. The summed E-state index contributed by atoms with van der Waals surface area (Å²) in [5.41, 5.74) is 3.21. The molecule has 0 unspecified atom stereocenters. The van der Waals surface area contributed by atoms with Crippen LogP contribution in [0.15, 0.2) is 72.8 Å². The Balaban J connectivity index is 1.24. The van der Waals surface area contributed by atoms with Crippen LogP contribution in [0.25, 0.3) is 0 Å². The van der Waals surface area contributed by atoms with Crippen molar-refractivity contribution in [2.45, 2.75) is 13.3 Å². The van der Waals surface area contributed by atoms with Crippen molar-refractivity contribution >= 4 is 29.0 Å². The molecule has 1 saturated heterocycles. The number of nitrogens with one attached hydrogen (secondary N) is 2. The summed E-state index contributed by atoms with van der Waals surface area (Å²) in [6, 6.07) is 20.6.